The van der Waals surface area contributed by atoms with E-state index in [-0.39, 0.29) is 43.3 Å². The molecule has 1 aromatic rings. The van der Waals surface area contributed by atoms with Gasteiger partial charge in [0.05, 0.1) is 36.6 Å². The molecule has 4 heterocycles. The minimum atomic E-state index is -1.40. The molecule has 10 nitrogen and oxygen atoms in total. The highest BCUT2D eigenvalue weighted by Crippen LogP contribution is 2.54. The zero-order valence-electron chi connectivity index (χ0n) is 25.9. The van der Waals surface area contributed by atoms with E-state index in [2.05, 4.69) is 12.2 Å². The molecule has 5 rings (SSSR count). The highest BCUT2D eigenvalue weighted by atomic mass is 16.5. The predicted molar refractivity (Wildman–Crippen MR) is 163 cm³/mol. The first-order valence-corrected chi connectivity index (χ1v) is 16.0. The summed E-state index contributed by atoms with van der Waals surface area (Å²) in [5.74, 6) is -3.43. The summed E-state index contributed by atoms with van der Waals surface area (Å²) in [7, 11) is 0. The summed E-state index contributed by atoms with van der Waals surface area (Å²) in [6.45, 7) is 6.54. The third-order valence-corrected chi connectivity index (χ3v) is 9.71. The molecule has 2 fully saturated rings. The van der Waals surface area contributed by atoms with Gasteiger partial charge >= 0.3 is 5.97 Å². The number of fused-ring (bicyclic) bond motifs is 2. The quantitative estimate of drug-likeness (QED) is 0.344. The second-order valence-electron chi connectivity index (χ2n) is 12.4. The van der Waals surface area contributed by atoms with E-state index in [0.29, 0.717) is 25.9 Å². The Bertz CT molecular complexity index is 1280. The lowest BCUT2D eigenvalue weighted by Crippen LogP contribution is -2.59. The first kappa shape index (κ1) is 31.9. The number of amides is 3. The van der Waals surface area contributed by atoms with Crippen LogP contribution in [0.2, 0.25) is 0 Å². The summed E-state index contributed by atoms with van der Waals surface area (Å²) < 4.78 is 12.3. The maximum absolute atomic E-state index is 14.7. The number of likely N-dealkylation sites (tertiary alicyclic amines) is 1. The monoisotopic (exact) mass is 607 g/mol. The molecule has 8 atom stereocenters. The van der Waals surface area contributed by atoms with Crippen molar-refractivity contribution in [1.82, 2.24) is 15.1 Å². The molecule has 44 heavy (non-hydrogen) atoms. The van der Waals surface area contributed by atoms with Gasteiger partial charge in [-0.05, 0) is 24.3 Å². The van der Waals surface area contributed by atoms with E-state index < -0.39 is 47.6 Å². The molecule has 1 spiro atoms. The number of ether oxygens (including phenoxy) is 2. The number of unbranched alkanes of at least 4 members (excludes halogenated alkanes) is 1. The average Bonchev–Trinajstić information content (AvgIpc) is 3.42. The van der Waals surface area contributed by atoms with Gasteiger partial charge in [0, 0.05) is 19.5 Å². The van der Waals surface area contributed by atoms with Crippen LogP contribution < -0.4 is 5.32 Å². The fourth-order valence-electron chi connectivity index (χ4n) is 7.15. The lowest BCUT2D eigenvalue weighted by atomic mass is 9.77. The first-order valence-electron chi connectivity index (χ1n) is 16.0. The van der Waals surface area contributed by atoms with Gasteiger partial charge in [-0.3, -0.25) is 19.2 Å². The number of rotatable bonds is 8. The number of benzene rings is 1. The fourth-order valence-corrected chi connectivity index (χ4v) is 7.15. The number of aliphatic hydroxyl groups is 1. The van der Waals surface area contributed by atoms with Crippen molar-refractivity contribution in [1.29, 1.82) is 0 Å². The molecule has 0 saturated carbocycles. The molecular weight excluding hydrogens is 562 g/mol. The number of hydrogen-bond donors (Lipinski definition) is 2. The van der Waals surface area contributed by atoms with E-state index >= 15 is 0 Å². The number of carbonyl (C=O) groups is 4. The number of cyclic esters (lactones) is 1. The van der Waals surface area contributed by atoms with Crippen LogP contribution in [0.15, 0.2) is 54.6 Å². The molecule has 0 aliphatic carbocycles. The number of allylic oxidation sites excluding steroid dienone is 1. The van der Waals surface area contributed by atoms with Crippen LogP contribution in [0.1, 0.15) is 64.5 Å². The Morgan fingerprint density at radius 3 is 2.57 bits per heavy atom. The Kier molecular flexibility index (Phi) is 9.90. The Balaban J connectivity index is 1.61. The van der Waals surface area contributed by atoms with Crippen molar-refractivity contribution in [2.75, 3.05) is 26.3 Å². The predicted octanol–water partition coefficient (Wildman–Crippen LogP) is 2.92. The molecule has 4 aliphatic rings. The number of nitrogens with one attached hydrogen (secondary N) is 1. The van der Waals surface area contributed by atoms with Gasteiger partial charge in [-0.2, -0.15) is 0 Å². The van der Waals surface area contributed by atoms with Crippen molar-refractivity contribution in [3.8, 4) is 0 Å². The Hall–Kier alpha value is -3.50. The van der Waals surface area contributed by atoms with E-state index in [4.69, 9.17) is 9.47 Å². The molecule has 2 saturated heterocycles. The van der Waals surface area contributed by atoms with E-state index in [1.165, 1.54) is 4.90 Å². The lowest BCUT2D eigenvalue weighted by molar-refractivity contribution is -0.152. The van der Waals surface area contributed by atoms with Crippen LogP contribution >= 0.6 is 0 Å². The molecule has 4 aliphatic heterocycles. The largest absolute Gasteiger partial charge is 0.463 e. The summed E-state index contributed by atoms with van der Waals surface area (Å²) in [5, 5.41) is 13.6. The molecule has 2 N–H and O–H groups in total. The molecular formula is C34H45N3O7. The summed E-state index contributed by atoms with van der Waals surface area (Å²) in [6.07, 6.45) is 9.36. The molecule has 10 heteroatoms. The SMILES string of the molecule is CCCCN1CC=C[C@]23O[C@@H]4/C=C\CCC(=O)OC[C@@H](c5ccccc5)NC(=O)[C@@H]4[C@H]2C(=O)N([C@@H](CO)[C@@H](C)CC)[C@@H]3C1=O. The number of nitrogens with zero attached hydrogens (tertiary/aromatic N) is 2. The third-order valence-electron chi connectivity index (χ3n) is 9.71. The van der Waals surface area contributed by atoms with Gasteiger partial charge in [0.2, 0.25) is 17.7 Å². The van der Waals surface area contributed by atoms with Crippen LogP contribution in [0.5, 0.6) is 0 Å². The summed E-state index contributed by atoms with van der Waals surface area (Å²) in [5.41, 5.74) is -0.640. The number of carbonyl (C=O) groups excluding carboxylic acids is 4. The second kappa shape index (κ2) is 13.6. The molecule has 238 valence electrons. The first-order chi connectivity index (χ1) is 21.3. The molecule has 0 radical (unpaired) electrons. The van der Waals surface area contributed by atoms with Crippen LogP contribution in [-0.4, -0.2) is 88.7 Å². The molecule has 0 unspecified atom stereocenters. The van der Waals surface area contributed by atoms with Crippen molar-refractivity contribution in [3.05, 3.63) is 60.2 Å². The normalized spacial score (nSPS) is 32.8. The average molecular weight is 608 g/mol. The molecule has 0 aromatic heterocycles. The molecule has 3 amide bonds. The Morgan fingerprint density at radius 2 is 1.86 bits per heavy atom. The van der Waals surface area contributed by atoms with Crippen LogP contribution in [-0.2, 0) is 28.7 Å². The highest BCUT2D eigenvalue weighted by molar-refractivity contribution is 6.00. The van der Waals surface area contributed by atoms with Crippen LogP contribution in [0.25, 0.3) is 0 Å². The highest BCUT2D eigenvalue weighted by Gasteiger charge is 2.72. The summed E-state index contributed by atoms with van der Waals surface area (Å²) >= 11 is 0. The fraction of sp³-hybridized carbons (Fsp3) is 0.588. The van der Waals surface area contributed by atoms with Crippen LogP contribution in [0.4, 0.5) is 0 Å². The number of hydrogen-bond acceptors (Lipinski definition) is 7. The maximum Gasteiger partial charge on any atom is 0.306 e. The molecule has 0 bridgehead atoms. The number of aliphatic hydroxyl groups excluding tert-OH is 1. The van der Waals surface area contributed by atoms with Crippen molar-refractivity contribution >= 4 is 23.7 Å². The van der Waals surface area contributed by atoms with Gasteiger partial charge in [0.1, 0.15) is 18.2 Å². The summed E-state index contributed by atoms with van der Waals surface area (Å²) in [6, 6.07) is 6.97. The van der Waals surface area contributed by atoms with Gasteiger partial charge in [0.15, 0.2) is 0 Å². The van der Waals surface area contributed by atoms with Crippen molar-refractivity contribution < 1.29 is 33.8 Å². The van der Waals surface area contributed by atoms with Crippen molar-refractivity contribution in [3.63, 3.8) is 0 Å². The van der Waals surface area contributed by atoms with E-state index in [1.54, 1.807) is 17.1 Å². The van der Waals surface area contributed by atoms with Crippen molar-refractivity contribution in [2.45, 2.75) is 82.7 Å². The standard InChI is InChI=1S/C34H45N3O7/c1-4-6-18-36-19-12-17-34-29(32(41)37(30(34)33(36)42)25(20-38)22(3)5-2)28-26(44-34)15-10-11-16-27(39)43-21-24(35-31(28)40)23-13-8-7-9-14-23/h7-10,12-15,17,22,24-26,28-30,38H,4-6,11,16,18-21H2,1-3H3,(H,35,40)/b15-10-/t22-,24-,25-,26+,28-,29-,30+,34-/m0/s1. The maximum atomic E-state index is 14.7. The topological polar surface area (TPSA) is 125 Å². The van der Waals surface area contributed by atoms with E-state index in [9.17, 15) is 24.3 Å². The zero-order valence-corrected chi connectivity index (χ0v) is 25.9. The van der Waals surface area contributed by atoms with Crippen LogP contribution in [0.3, 0.4) is 0 Å². The van der Waals surface area contributed by atoms with Gasteiger partial charge in [-0.25, -0.2) is 0 Å². The Morgan fingerprint density at radius 1 is 1.09 bits per heavy atom. The summed E-state index contributed by atoms with van der Waals surface area (Å²) in [4.78, 5) is 59.2. The van der Waals surface area contributed by atoms with E-state index in [0.717, 1.165) is 18.4 Å². The second-order valence-corrected chi connectivity index (χ2v) is 12.4. The van der Waals surface area contributed by atoms with Gasteiger partial charge in [-0.1, -0.05) is 88.2 Å². The van der Waals surface area contributed by atoms with Crippen molar-refractivity contribution in [2.24, 2.45) is 17.8 Å². The van der Waals surface area contributed by atoms with Gasteiger partial charge in [0.25, 0.3) is 0 Å². The Labute approximate surface area is 259 Å². The minimum absolute atomic E-state index is 0.0551. The molecule has 1 aromatic carbocycles. The van der Waals surface area contributed by atoms with Gasteiger partial charge < -0.3 is 29.7 Å². The van der Waals surface area contributed by atoms with Crippen LogP contribution in [0, 0.1) is 17.8 Å². The smallest absolute Gasteiger partial charge is 0.306 e. The van der Waals surface area contributed by atoms with E-state index in [1.807, 2.05) is 56.3 Å². The van der Waals surface area contributed by atoms with Gasteiger partial charge in [-0.15, -0.1) is 0 Å². The minimum Gasteiger partial charge on any atom is -0.463 e. The third kappa shape index (κ3) is 5.81. The zero-order chi connectivity index (χ0) is 31.4. The lowest BCUT2D eigenvalue weighted by Gasteiger charge is -2.40. The number of esters is 1.